The van der Waals surface area contributed by atoms with Crippen LogP contribution in [0.2, 0.25) is 0 Å². The van der Waals surface area contributed by atoms with Crippen LogP contribution in [0.3, 0.4) is 0 Å². The average Bonchev–Trinajstić information content (AvgIpc) is 2.69. The van der Waals surface area contributed by atoms with E-state index in [1.807, 2.05) is 37.3 Å². The van der Waals surface area contributed by atoms with Crippen molar-refractivity contribution in [3.8, 4) is 5.75 Å². The second-order valence-corrected chi connectivity index (χ2v) is 5.91. The second-order valence-electron chi connectivity index (χ2n) is 5.91. The molecule has 3 aromatic rings. The largest absolute Gasteiger partial charge is 0.493 e. The summed E-state index contributed by atoms with van der Waals surface area (Å²) >= 11 is 0. The van der Waals surface area contributed by atoms with Crippen molar-refractivity contribution in [3.63, 3.8) is 0 Å². The lowest BCUT2D eigenvalue weighted by atomic mass is 10.0. The van der Waals surface area contributed by atoms with E-state index in [2.05, 4.69) is 10.5 Å². The number of ether oxygens (including phenoxy) is 1. The lowest BCUT2D eigenvalue weighted by molar-refractivity contribution is -0.137. The molecule has 0 aliphatic rings. The minimum absolute atomic E-state index is 0.122. The van der Waals surface area contributed by atoms with Crippen LogP contribution in [0.1, 0.15) is 28.4 Å². The van der Waals surface area contributed by atoms with Crippen molar-refractivity contribution in [2.75, 3.05) is 6.61 Å². The van der Waals surface area contributed by atoms with Crippen molar-refractivity contribution in [1.29, 1.82) is 0 Å². The van der Waals surface area contributed by atoms with Gasteiger partial charge in [0.2, 0.25) is 0 Å². The highest BCUT2D eigenvalue weighted by Crippen LogP contribution is 2.30. The number of carbonyl (C=O) groups excluding carboxylic acids is 1. The summed E-state index contributed by atoms with van der Waals surface area (Å²) in [5.41, 5.74) is 1.99. The molecule has 0 radical (unpaired) electrons. The fourth-order valence-corrected chi connectivity index (χ4v) is 2.75. The van der Waals surface area contributed by atoms with Crippen molar-refractivity contribution in [2.24, 2.45) is 5.10 Å². The van der Waals surface area contributed by atoms with Gasteiger partial charge in [0.15, 0.2) is 0 Å². The Hall–Kier alpha value is -3.35. The first-order valence-electron chi connectivity index (χ1n) is 8.55. The third-order valence-electron chi connectivity index (χ3n) is 4.04. The van der Waals surface area contributed by atoms with E-state index >= 15 is 0 Å². The van der Waals surface area contributed by atoms with Crippen LogP contribution in [0.25, 0.3) is 10.8 Å². The van der Waals surface area contributed by atoms with E-state index in [0.717, 1.165) is 34.2 Å². The zero-order chi connectivity index (χ0) is 20.1. The fourth-order valence-electron chi connectivity index (χ4n) is 2.75. The Labute approximate surface area is 159 Å². The molecule has 0 bridgehead atoms. The smallest absolute Gasteiger partial charge is 0.416 e. The molecule has 1 amide bonds. The van der Waals surface area contributed by atoms with Gasteiger partial charge in [0.25, 0.3) is 5.91 Å². The minimum Gasteiger partial charge on any atom is -0.493 e. The molecule has 0 unspecified atom stereocenters. The molecule has 7 heteroatoms. The summed E-state index contributed by atoms with van der Waals surface area (Å²) in [6, 6.07) is 15.4. The van der Waals surface area contributed by atoms with Gasteiger partial charge in [0, 0.05) is 16.5 Å². The van der Waals surface area contributed by atoms with Crippen molar-refractivity contribution in [1.82, 2.24) is 5.43 Å². The number of hydrazone groups is 1. The number of fused-ring (bicyclic) bond motifs is 1. The molecule has 28 heavy (non-hydrogen) atoms. The molecule has 0 aromatic heterocycles. The predicted octanol–water partition coefficient (Wildman–Crippen LogP) is 5.02. The monoisotopic (exact) mass is 386 g/mol. The molecule has 0 aliphatic carbocycles. The number of nitrogens with zero attached hydrogens (tertiary/aromatic N) is 1. The highest BCUT2D eigenvalue weighted by molar-refractivity contribution is 6.03. The van der Waals surface area contributed by atoms with Crippen LogP contribution in [0.5, 0.6) is 5.75 Å². The minimum atomic E-state index is -4.51. The Kier molecular flexibility index (Phi) is 5.63. The summed E-state index contributed by atoms with van der Waals surface area (Å²) in [4.78, 5) is 12.1. The van der Waals surface area contributed by atoms with Gasteiger partial charge in [0.05, 0.1) is 18.4 Å². The molecule has 0 atom stereocenters. The molecule has 4 nitrogen and oxygen atoms in total. The van der Waals surface area contributed by atoms with Crippen LogP contribution < -0.4 is 10.2 Å². The lowest BCUT2D eigenvalue weighted by Gasteiger charge is -2.09. The Morgan fingerprint density at radius 2 is 1.82 bits per heavy atom. The van der Waals surface area contributed by atoms with E-state index in [9.17, 15) is 18.0 Å². The number of hydrogen-bond acceptors (Lipinski definition) is 3. The third kappa shape index (κ3) is 4.31. The average molecular weight is 386 g/mol. The Balaban J connectivity index is 1.80. The number of alkyl halides is 3. The molecule has 3 aromatic carbocycles. The maximum atomic E-state index is 12.8. The first kappa shape index (κ1) is 19.4. The number of benzene rings is 3. The molecule has 0 fully saturated rings. The van der Waals surface area contributed by atoms with Gasteiger partial charge in [-0.3, -0.25) is 4.79 Å². The molecule has 0 heterocycles. The summed E-state index contributed by atoms with van der Waals surface area (Å²) in [6.07, 6.45) is -3.07. The van der Waals surface area contributed by atoms with E-state index in [1.165, 1.54) is 18.3 Å². The molecule has 1 N–H and O–H groups in total. The SMILES string of the molecule is CCOc1ccc(C=NNC(=O)c2cccc(C(F)(F)F)c2)c2ccccc12. The molecular formula is C21H17F3N2O2. The van der Waals surface area contributed by atoms with Crippen molar-refractivity contribution in [3.05, 3.63) is 77.4 Å². The number of hydrogen-bond donors (Lipinski definition) is 1. The van der Waals surface area contributed by atoms with Crippen LogP contribution in [0, 0.1) is 0 Å². The van der Waals surface area contributed by atoms with Crippen molar-refractivity contribution >= 4 is 22.9 Å². The summed E-state index contributed by atoms with van der Waals surface area (Å²) in [6.45, 7) is 2.43. The van der Waals surface area contributed by atoms with Crippen molar-refractivity contribution < 1.29 is 22.7 Å². The van der Waals surface area contributed by atoms with Gasteiger partial charge in [-0.15, -0.1) is 0 Å². The van der Waals surface area contributed by atoms with Gasteiger partial charge in [-0.1, -0.05) is 30.3 Å². The Morgan fingerprint density at radius 1 is 1.07 bits per heavy atom. The van der Waals surface area contributed by atoms with Gasteiger partial charge >= 0.3 is 6.18 Å². The Bertz CT molecular complexity index is 1030. The molecule has 0 aliphatic heterocycles. The van der Waals surface area contributed by atoms with Gasteiger partial charge in [-0.05, 0) is 42.6 Å². The van der Waals surface area contributed by atoms with Gasteiger partial charge in [-0.25, -0.2) is 5.43 Å². The quantitative estimate of drug-likeness (QED) is 0.494. The van der Waals surface area contributed by atoms with Gasteiger partial charge in [0.1, 0.15) is 5.75 Å². The predicted molar refractivity (Wildman–Crippen MR) is 102 cm³/mol. The van der Waals surface area contributed by atoms with E-state index in [-0.39, 0.29) is 5.56 Å². The zero-order valence-corrected chi connectivity index (χ0v) is 15.0. The Morgan fingerprint density at radius 3 is 2.54 bits per heavy atom. The van der Waals surface area contributed by atoms with E-state index in [4.69, 9.17) is 4.74 Å². The topological polar surface area (TPSA) is 50.7 Å². The number of nitrogens with one attached hydrogen (secondary N) is 1. The maximum Gasteiger partial charge on any atom is 0.416 e. The molecule has 0 saturated heterocycles. The van der Waals surface area contributed by atoms with Crippen LogP contribution in [-0.2, 0) is 6.18 Å². The highest BCUT2D eigenvalue weighted by atomic mass is 19.4. The summed E-state index contributed by atoms with van der Waals surface area (Å²) in [5, 5.41) is 5.67. The maximum absolute atomic E-state index is 12.8. The highest BCUT2D eigenvalue weighted by Gasteiger charge is 2.30. The first-order chi connectivity index (χ1) is 13.4. The zero-order valence-electron chi connectivity index (χ0n) is 15.0. The fraction of sp³-hybridized carbons (Fsp3) is 0.143. The van der Waals surface area contributed by atoms with Gasteiger partial charge in [-0.2, -0.15) is 18.3 Å². The molecule has 144 valence electrons. The number of carbonyl (C=O) groups is 1. The summed E-state index contributed by atoms with van der Waals surface area (Å²) in [7, 11) is 0. The van der Waals surface area contributed by atoms with Crippen LogP contribution in [0.15, 0.2) is 65.8 Å². The standard InChI is InChI=1S/C21H17F3N2O2/c1-2-28-19-11-10-15(17-8-3-4-9-18(17)19)13-25-26-20(27)14-6-5-7-16(12-14)21(22,23)24/h3-13H,2H2,1H3,(H,26,27). The second kappa shape index (κ2) is 8.12. The molecular weight excluding hydrogens is 369 g/mol. The summed E-state index contributed by atoms with van der Waals surface area (Å²) in [5.74, 6) is 0.0147. The van der Waals surface area contributed by atoms with Crippen LogP contribution in [0.4, 0.5) is 13.2 Å². The summed E-state index contributed by atoms with van der Waals surface area (Å²) < 4.78 is 43.9. The number of amides is 1. The molecule has 0 spiro atoms. The third-order valence-corrected chi connectivity index (χ3v) is 4.04. The number of halogens is 3. The first-order valence-corrected chi connectivity index (χ1v) is 8.55. The molecule has 3 rings (SSSR count). The van der Waals surface area contributed by atoms with E-state index < -0.39 is 17.6 Å². The van der Waals surface area contributed by atoms with Crippen molar-refractivity contribution in [2.45, 2.75) is 13.1 Å². The van der Waals surface area contributed by atoms with Crippen LogP contribution >= 0.6 is 0 Å². The number of rotatable bonds is 5. The molecule has 0 saturated carbocycles. The normalized spacial score (nSPS) is 11.7. The van der Waals surface area contributed by atoms with E-state index in [1.54, 1.807) is 6.07 Å². The van der Waals surface area contributed by atoms with Crippen LogP contribution in [-0.4, -0.2) is 18.7 Å². The van der Waals surface area contributed by atoms with E-state index in [0.29, 0.717) is 6.61 Å². The van der Waals surface area contributed by atoms with Gasteiger partial charge < -0.3 is 4.74 Å². The lowest BCUT2D eigenvalue weighted by Crippen LogP contribution is -2.18.